The molecule has 0 aliphatic carbocycles. The van der Waals surface area contributed by atoms with Crippen molar-refractivity contribution in [3.8, 4) is 0 Å². The van der Waals surface area contributed by atoms with Crippen molar-refractivity contribution < 1.29 is 13.2 Å². The molecule has 1 aliphatic rings. The number of carbonyl (C=O) groups is 1. The van der Waals surface area contributed by atoms with Crippen LogP contribution in [0.1, 0.15) is 17.5 Å². The summed E-state index contributed by atoms with van der Waals surface area (Å²) in [4.78, 5) is 15.8. The van der Waals surface area contributed by atoms with Crippen LogP contribution in [-0.2, 0) is 21.2 Å². The average molecular weight is 297 g/mol. The van der Waals surface area contributed by atoms with Gasteiger partial charge in [0, 0.05) is 37.9 Å². The Morgan fingerprint density at radius 3 is 3.05 bits per heavy atom. The fourth-order valence-corrected chi connectivity index (χ4v) is 3.63. The first-order valence-corrected chi connectivity index (χ1v) is 8.38. The Bertz CT molecular complexity index is 586. The molecule has 1 atom stereocenters. The summed E-state index contributed by atoms with van der Waals surface area (Å²) in [6, 6.07) is 1.58. The number of hydrogen-bond acceptors (Lipinski definition) is 5. The van der Waals surface area contributed by atoms with E-state index in [4.69, 9.17) is 0 Å². The number of pyridine rings is 1. The number of amides is 1. The molecule has 0 aromatic carbocycles. The van der Waals surface area contributed by atoms with E-state index >= 15 is 0 Å². The van der Waals surface area contributed by atoms with Crippen molar-refractivity contribution in [2.75, 3.05) is 18.1 Å². The molecule has 0 saturated carbocycles. The van der Waals surface area contributed by atoms with Crippen LogP contribution in [0.4, 0.5) is 0 Å². The Hall–Kier alpha value is -1.47. The summed E-state index contributed by atoms with van der Waals surface area (Å²) < 4.78 is 23.0. The second kappa shape index (κ2) is 6.32. The molecule has 1 saturated heterocycles. The number of hydrogen-bond donors (Lipinski definition) is 2. The third kappa shape index (κ3) is 4.28. The van der Waals surface area contributed by atoms with Crippen molar-refractivity contribution >= 4 is 15.7 Å². The van der Waals surface area contributed by atoms with Gasteiger partial charge in [0.15, 0.2) is 9.84 Å². The predicted octanol–water partition coefficient (Wildman–Crippen LogP) is -0.217. The third-order valence-corrected chi connectivity index (χ3v) is 5.08. The van der Waals surface area contributed by atoms with E-state index in [0.717, 1.165) is 11.1 Å². The normalized spacial score (nSPS) is 21.4. The SMILES string of the molecule is Cc1cnccc1CNC(=O)CC1CS(=O)(=O)CCN1. The summed E-state index contributed by atoms with van der Waals surface area (Å²) in [5, 5.41) is 5.88. The molecule has 2 N–H and O–H groups in total. The fraction of sp³-hybridized carbons (Fsp3) is 0.538. The number of nitrogens with zero attached hydrogens (tertiary/aromatic N) is 1. The standard InChI is InChI=1S/C13H19N3O3S/c1-10-7-14-3-2-11(10)8-16-13(17)6-12-9-20(18,19)5-4-15-12/h2-3,7,12,15H,4-6,8-9H2,1H3,(H,16,17). The van der Waals surface area contributed by atoms with Crippen molar-refractivity contribution in [1.29, 1.82) is 0 Å². The minimum absolute atomic E-state index is 0.0364. The summed E-state index contributed by atoms with van der Waals surface area (Å²) in [5.74, 6) is 0.0477. The quantitative estimate of drug-likeness (QED) is 0.802. The highest BCUT2D eigenvalue weighted by Gasteiger charge is 2.25. The first-order chi connectivity index (χ1) is 9.46. The Balaban J connectivity index is 1.83. The molecule has 0 bridgehead atoms. The molecule has 1 fully saturated rings. The number of nitrogens with one attached hydrogen (secondary N) is 2. The van der Waals surface area contributed by atoms with Gasteiger partial charge in [-0.25, -0.2) is 8.42 Å². The monoisotopic (exact) mass is 297 g/mol. The zero-order valence-electron chi connectivity index (χ0n) is 11.4. The molecule has 20 heavy (non-hydrogen) atoms. The lowest BCUT2D eigenvalue weighted by Crippen LogP contribution is -2.47. The van der Waals surface area contributed by atoms with Crippen LogP contribution in [-0.4, -0.2) is 43.4 Å². The van der Waals surface area contributed by atoms with Crippen molar-refractivity contribution in [3.63, 3.8) is 0 Å². The number of aromatic nitrogens is 1. The molecule has 1 aliphatic heterocycles. The molecule has 1 aromatic heterocycles. The van der Waals surface area contributed by atoms with Gasteiger partial charge in [-0.2, -0.15) is 0 Å². The number of aryl methyl sites for hydroxylation is 1. The van der Waals surface area contributed by atoms with Crippen molar-refractivity contribution in [3.05, 3.63) is 29.6 Å². The van der Waals surface area contributed by atoms with Gasteiger partial charge >= 0.3 is 0 Å². The van der Waals surface area contributed by atoms with Gasteiger partial charge in [0.2, 0.25) is 5.91 Å². The van der Waals surface area contributed by atoms with E-state index in [1.807, 2.05) is 13.0 Å². The summed E-state index contributed by atoms with van der Waals surface area (Å²) >= 11 is 0. The molecule has 2 heterocycles. The van der Waals surface area contributed by atoms with Crippen molar-refractivity contribution in [2.24, 2.45) is 0 Å². The number of carbonyl (C=O) groups excluding carboxylic acids is 1. The fourth-order valence-electron chi connectivity index (χ4n) is 2.19. The first kappa shape index (κ1) is 14.9. The predicted molar refractivity (Wildman–Crippen MR) is 75.9 cm³/mol. The van der Waals surface area contributed by atoms with Crippen LogP contribution < -0.4 is 10.6 Å². The van der Waals surface area contributed by atoms with Crippen LogP contribution in [0.15, 0.2) is 18.5 Å². The highest BCUT2D eigenvalue weighted by atomic mass is 32.2. The zero-order chi connectivity index (χ0) is 14.6. The second-order valence-corrected chi connectivity index (χ2v) is 7.28. The Morgan fingerprint density at radius 2 is 2.35 bits per heavy atom. The lowest BCUT2D eigenvalue weighted by atomic mass is 10.1. The van der Waals surface area contributed by atoms with Crippen LogP contribution in [0.3, 0.4) is 0 Å². The van der Waals surface area contributed by atoms with Gasteiger partial charge in [-0.15, -0.1) is 0 Å². The molecular weight excluding hydrogens is 278 g/mol. The molecule has 0 spiro atoms. The van der Waals surface area contributed by atoms with Crippen LogP contribution >= 0.6 is 0 Å². The van der Waals surface area contributed by atoms with Gasteiger partial charge in [0.25, 0.3) is 0 Å². The van der Waals surface area contributed by atoms with Crippen LogP contribution in [0, 0.1) is 6.92 Å². The van der Waals surface area contributed by atoms with E-state index in [9.17, 15) is 13.2 Å². The second-order valence-electron chi connectivity index (χ2n) is 5.05. The largest absolute Gasteiger partial charge is 0.352 e. The minimum atomic E-state index is -3.00. The molecule has 1 aromatic rings. The van der Waals surface area contributed by atoms with Crippen molar-refractivity contribution in [2.45, 2.75) is 25.9 Å². The molecule has 0 radical (unpaired) electrons. The maximum Gasteiger partial charge on any atom is 0.221 e. The smallest absolute Gasteiger partial charge is 0.221 e. The lowest BCUT2D eigenvalue weighted by molar-refractivity contribution is -0.121. The maximum atomic E-state index is 11.8. The Kier molecular flexibility index (Phi) is 4.72. The first-order valence-electron chi connectivity index (χ1n) is 6.56. The van der Waals surface area contributed by atoms with E-state index < -0.39 is 9.84 Å². The number of rotatable bonds is 4. The van der Waals surface area contributed by atoms with Crippen LogP contribution in [0.25, 0.3) is 0 Å². The highest BCUT2D eigenvalue weighted by molar-refractivity contribution is 7.91. The van der Waals surface area contributed by atoms with Gasteiger partial charge in [0.05, 0.1) is 11.5 Å². The van der Waals surface area contributed by atoms with Gasteiger partial charge < -0.3 is 10.6 Å². The molecular formula is C13H19N3O3S. The Labute approximate surface area is 118 Å². The summed E-state index contributed by atoms with van der Waals surface area (Å²) in [7, 11) is -3.00. The Morgan fingerprint density at radius 1 is 1.55 bits per heavy atom. The molecule has 6 nitrogen and oxygen atoms in total. The van der Waals surface area contributed by atoms with Gasteiger partial charge in [0.1, 0.15) is 0 Å². The number of sulfone groups is 1. The average Bonchev–Trinajstić information content (AvgIpc) is 2.36. The molecule has 7 heteroatoms. The topological polar surface area (TPSA) is 88.2 Å². The zero-order valence-corrected chi connectivity index (χ0v) is 12.2. The molecule has 1 amide bonds. The highest BCUT2D eigenvalue weighted by Crippen LogP contribution is 2.07. The van der Waals surface area contributed by atoms with Crippen molar-refractivity contribution in [1.82, 2.24) is 15.6 Å². The van der Waals surface area contributed by atoms with E-state index in [1.165, 1.54) is 0 Å². The van der Waals surface area contributed by atoms with Crippen LogP contribution in [0.2, 0.25) is 0 Å². The van der Waals surface area contributed by atoms with Gasteiger partial charge in [-0.05, 0) is 24.1 Å². The van der Waals surface area contributed by atoms with E-state index in [-0.39, 0.29) is 29.9 Å². The van der Waals surface area contributed by atoms with E-state index in [2.05, 4.69) is 15.6 Å². The van der Waals surface area contributed by atoms with E-state index in [0.29, 0.717) is 13.1 Å². The van der Waals surface area contributed by atoms with Crippen LogP contribution in [0.5, 0.6) is 0 Å². The summed E-state index contributed by atoms with van der Waals surface area (Å²) in [6.45, 7) is 2.79. The summed E-state index contributed by atoms with van der Waals surface area (Å²) in [6.07, 6.45) is 3.61. The van der Waals surface area contributed by atoms with E-state index in [1.54, 1.807) is 12.4 Å². The molecule has 2 rings (SSSR count). The lowest BCUT2D eigenvalue weighted by Gasteiger charge is -2.23. The minimum Gasteiger partial charge on any atom is -0.352 e. The van der Waals surface area contributed by atoms with Gasteiger partial charge in [-0.3, -0.25) is 9.78 Å². The third-order valence-electron chi connectivity index (χ3n) is 3.35. The maximum absolute atomic E-state index is 11.8. The molecule has 1 unspecified atom stereocenters. The van der Waals surface area contributed by atoms with Gasteiger partial charge in [-0.1, -0.05) is 0 Å². The summed E-state index contributed by atoms with van der Waals surface area (Å²) in [5.41, 5.74) is 2.03. The molecule has 110 valence electrons.